The van der Waals surface area contributed by atoms with Gasteiger partial charge in [0, 0.05) is 20.0 Å². The molecular weight excluding hydrogens is 400 g/mol. The van der Waals surface area contributed by atoms with Gasteiger partial charge in [-0.05, 0) is 12.3 Å². The molecule has 0 saturated carbocycles. The third-order valence-electron chi connectivity index (χ3n) is 4.84. The van der Waals surface area contributed by atoms with E-state index < -0.39 is 33.6 Å². The predicted molar refractivity (Wildman–Crippen MR) is 105 cm³/mol. The van der Waals surface area contributed by atoms with Crippen LogP contribution < -0.4 is 10.0 Å². The van der Waals surface area contributed by atoms with Crippen molar-refractivity contribution in [1.29, 1.82) is 0 Å². The minimum Gasteiger partial charge on any atom is -0.391 e. The fraction of sp³-hybridized carbons (Fsp3) is 0.765. The summed E-state index contributed by atoms with van der Waals surface area (Å²) in [5.41, 5.74) is -0.209. The van der Waals surface area contributed by atoms with Gasteiger partial charge in [0.2, 0.25) is 21.8 Å². The molecule has 29 heavy (non-hydrogen) atoms. The average Bonchev–Trinajstić information content (AvgIpc) is 3.25. The van der Waals surface area contributed by atoms with Crippen molar-refractivity contribution >= 4 is 21.8 Å². The first-order valence-electron chi connectivity index (χ1n) is 9.47. The van der Waals surface area contributed by atoms with Gasteiger partial charge in [0.05, 0.1) is 30.3 Å². The number of rotatable bonds is 7. The van der Waals surface area contributed by atoms with Gasteiger partial charge in [0.1, 0.15) is 12.1 Å². The van der Waals surface area contributed by atoms with E-state index >= 15 is 0 Å². The number of aromatic nitrogens is 3. The summed E-state index contributed by atoms with van der Waals surface area (Å²) in [5.74, 6) is -0.744. The molecule has 2 rings (SSSR count). The summed E-state index contributed by atoms with van der Waals surface area (Å²) in [6.45, 7) is 7.13. The van der Waals surface area contributed by atoms with Gasteiger partial charge < -0.3 is 15.3 Å². The molecule has 1 aromatic heterocycles. The number of hydrogen-bond donors (Lipinski definition) is 3. The van der Waals surface area contributed by atoms with Crippen molar-refractivity contribution in [3.05, 3.63) is 11.9 Å². The van der Waals surface area contributed by atoms with E-state index in [1.807, 2.05) is 20.8 Å². The first-order chi connectivity index (χ1) is 13.4. The molecule has 1 aromatic rings. The number of nitrogens with one attached hydrogen (secondary N) is 2. The number of likely N-dealkylation sites (N-methyl/N-ethyl adjacent to an activating group) is 1. The fourth-order valence-corrected chi connectivity index (χ4v) is 3.89. The Balaban J connectivity index is 2.28. The number of β-amino-alcohol motifs (C(OH)–C–C–N with tert-alkyl or cyclic N) is 1. The second-order valence-electron chi connectivity index (χ2n) is 8.19. The lowest BCUT2D eigenvalue weighted by Gasteiger charge is -2.34. The van der Waals surface area contributed by atoms with E-state index in [-0.39, 0.29) is 37.1 Å². The number of amides is 2. The summed E-state index contributed by atoms with van der Waals surface area (Å²) < 4.78 is 27.1. The zero-order valence-corrected chi connectivity index (χ0v) is 18.2. The van der Waals surface area contributed by atoms with Gasteiger partial charge >= 0.3 is 0 Å². The Hall–Kier alpha value is -2.05. The molecule has 0 radical (unpaired) electrons. The molecule has 0 aliphatic carbocycles. The minimum absolute atomic E-state index is 0.0372. The monoisotopic (exact) mass is 430 g/mol. The second kappa shape index (κ2) is 8.76. The standard InChI is InChI=1S/C17H30N6O5S/c1-6-29(27,28)19-8-11-9-23(21-20-11)14(17(2,3)4)16(26)22-10-12(24)7-13(22)15(25)18-5/h9,12-14,19,24H,6-8,10H2,1-5H3,(H,18,25)/t12?,13?,14-/m1/s1. The largest absolute Gasteiger partial charge is 0.391 e. The Kier molecular flexibility index (Phi) is 7.01. The SMILES string of the molecule is CCS(=O)(=O)NCc1cn([C@H](C(=O)N2CC(O)CC2C(=O)NC)C(C)(C)C)nn1. The third-order valence-corrected chi connectivity index (χ3v) is 6.19. The van der Waals surface area contributed by atoms with Crippen molar-refractivity contribution < 1.29 is 23.1 Å². The van der Waals surface area contributed by atoms with Gasteiger partial charge in [-0.1, -0.05) is 26.0 Å². The average molecular weight is 431 g/mol. The Morgan fingerprint density at radius 1 is 1.38 bits per heavy atom. The molecule has 11 nitrogen and oxygen atoms in total. The molecule has 0 aromatic carbocycles. The number of nitrogens with zero attached hydrogens (tertiary/aromatic N) is 4. The molecule has 2 unspecified atom stereocenters. The Labute approximate surface area is 170 Å². The van der Waals surface area contributed by atoms with Crippen LogP contribution in [0.4, 0.5) is 0 Å². The topological polar surface area (TPSA) is 147 Å². The molecule has 12 heteroatoms. The summed E-state index contributed by atoms with van der Waals surface area (Å²) in [5, 5.41) is 20.5. The predicted octanol–water partition coefficient (Wildman–Crippen LogP) is -0.988. The summed E-state index contributed by atoms with van der Waals surface area (Å²) in [6, 6.07) is -1.55. The third kappa shape index (κ3) is 5.52. The van der Waals surface area contributed by atoms with Gasteiger partial charge in [0.15, 0.2) is 0 Å². The van der Waals surface area contributed by atoms with E-state index in [1.54, 1.807) is 0 Å². The van der Waals surface area contributed by atoms with Crippen LogP contribution in [0, 0.1) is 5.41 Å². The molecule has 1 fully saturated rings. The van der Waals surface area contributed by atoms with Crippen LogP contribution in [0.15, 0.2) is 6.20 Å². The van der Waals surface area contributed by atoms with Crippen LogP contribution in [-0.4, -0.2) is 76.7 Å². The lowest BCUT2D eigenvalue weighted by atomic mass is 9.85. The fourth-order valence-electron chi connectivity index (χ4n) is 3.32. The molecule has 2 heterocycles. The van der Waals surface area contributed by atoms with E-state index in [2.05, 4.69) is 20.4 Å². The lowest BCUT2D eigenvalue weighted by Crippen LogP contribution is -2.49. The first kappa shape index (κ1) is 23.2. The molecule has 164 valence electrons. The molecule has 3 atom stereocenters. The molecule has 0 bridgehead atoms. The molecule has 2 amide bonds. The number of hydrogen-bond acceptors (Lipinski definition) is 7. The Bertz CT molecular complexity index is 847. The van der Waals surface area contributed by atoms with E-state index in [4.69, 9.17) is 0 Å². The highest BCUT2D eigenvalue weighted by Crippen LogP contribution is 2.34. The van der Waals surface area contributed by atoms with Gasteiger partial charge in [-0.15, -0.1) is 5.10 Å². The molecule has 1 aliphatic heterocycles. The van der Waals surface area contributed by atoms with Crippen molar-refractivity contribution in [3.63, 3.8) is 0 Å². The number of carbonyl (C=O) groups excluding carboxylic acids is 2. The maximum Gasteiger partial charge on any atom is 0.248 e. The van der Waals surface area contributed by atoms with E-state index in [0.717, 1.165) is 0 Å². The number of likely N-dealkylation sites (tertiary alicyclic amines) is 1. The highest BCUT2D eigenvalue weighted by molar-refractivity contribution is 7.89. The maximum absolute atomic E-state index is 13.4. The minimum atomic E-state index is -3.39. The maximum atomic E-state index is 13.4. The van der Waals surface area contributed by atoms with Crippen LogP contribution in [0.1, 0.15) is 45.9 Å². The molecule has 3 N–H and O–H groups in total. The molecular formula is C17H30N6O5S. The molecule has 0 spiro atoms. The van der Waals surface area contributed by atoms with Crippen LogP contribution in [0.25, 0.3) is 0 Å². The van der Waals surface area contributed by atoms with Crippen molar-refractivity contribution in [2.45, 2.75) is 58.8 Å². The van der Waals surface area contributed by atoms with E-state index in [0.29, 0.717) is 5.69 Å². The second-order valence-corrected chi connectivity index (χ2v) is 10.3. The van der Waals surface area contributed by atoms with Gasteiger partial charge in [-0.25, -0.2) is 17.8 Å². The van der Waals surface area contributed by atoms with Crippen LogP contribution in [0.3, 0.4) is 0 Å². The van der Waals surface area contributed by atoms with Gasteiger partial charge in [0.25, 0.3) is 0 Å². The van der Waals surface area contributed by atoms with Crippen LogP contribution in [0.5, 0.6) is 0 Å². The molecule has 1 saturated heterocycles. The zero-order chi connectivity index (χ0) is 22.0. The summed E-state index contributed by atoms with van der Waals surface area (Å²) in [6.07, 6.45) is 0.911. The number of aliphatic hydroxyl groups is 1. The zero-order valence-electron chi connectivity index (χ0n) is 17.4. The quantitative estimate of drug-likeness (QED) is 0.503. The van der Waals surface area contributed by atoms with Crippen molar-refractivity contribution in [2.75, 3.05) is 19.3 Å². The van der Waals surface area contributed by atoms with Crippen molar-refractivity contribution in [2.24, 2.45) is 5.41 Å². The van der Waals surface area contributed by atoms with Crippen molar-refractivity contribution in [3.8, 4) is 0 Å². The van der Waals surface area contributed by atoms with Gasteiger partial charge in [-0.2, -0.15) is 0 Å². The van der Waals surface area contributed by atoms with Gasteiger partial charge in [-0.3, -0.25) is 9.59 Å². The Morgan fingerprint density at radius 3 is 2.59 bits per heavy atom. The summed E-state index contributed by atoms with van der Waals surface area (Å²) >= 11 is 0. The van der Waals surface area contributed by atoms with Crippen molar-refractivity contribution in [1.82, 2.24) is 29.9 Å². The molecule has 1 aliphatic rings. The first-order valence-corrected chi connectivity index (χ1v) is 11.1. The van der Waals surface area contributed by atoms with E-state index in [1.165, 1.54) is 29.7 Å². The summed E-state index contributed by atoms with van der Waals surface area (Å²) in [4.78, 5) is 26.9. The summed E-state index contributed by atoms with van der Waals surface area (Å²) in [7, 11) is -1.90. The number of aliphatic hydroxyl groups excluding tert-OH is 1. The number of sulfonamides is 1. The normalized spacial score (nSPS) is 21.2. The smallest absolute Gasteiger partial charge is 0.248 e. The van der Waals surface area contributed by atoms with Crippen LogP contribution in [0.2, 0.25) is 0 Å². The van der Waals surface area contributed by atoms with E-state index in [9.17, 15) is 23.1 Å². The highest BCUT2D eigenvalue weighted by atomic mass is 32.2. The van der Waals surface area contributed by atoms with Crippen LogP contribution in [-0.2, 0) is 26.2 Å². The van der Waals surface area contributed by atoms with Crippen LogP contribution >= 0.6 is 0 Å². The highest BCUT2D eigenvalue weighted by Gasteiger charge is 2.44. The lowest BCUT2D eigenvalue weighted by molar-refractivity contribution is -0.144. The Morgan fingerprint density at radius 2 is 2.03 bits per heavy atom. The number of carbonyl (C=O) groups is 2.